The Morgan fingerprint density at radius 2 is 1.88 bits per heavy atom. The first-order valence-corrected chi connectivity index (χ1v) is 12.9. The number of ether oxygens (including phenoxy) is 1. The number of carbonyl (C=O) groups is 3. The van der Waals surface area contributed by atoms with Crippen LogP contribution in [-0.4, -0.2) is 67.8 Å². The molecule has 1 aliphatic heterocycles. The van der Waals surface area contributed by atoms with E-state index >= 15 is 0 Å². The molecule has 1 saturated heterocycles. The average Bonchev–Trinajstić information content (AvgIpc) is 3.10. The summed E-state index contributed by atoms with van der Waals surface area (Å²) in [6.45, 7) is 5.51. The lowest BCUT2D eigenvalue weighted by Crippen LogP contribution is -2.48. The Labute approximate surface area is 190 Å². The zero-order valence-electron chi connectivity index (χ0n) is 19.1. The van der Waals surface area contributed by atoms with Crippen LogP contribution < -0.4 is 5.32 Å². The quantitative estimate of drug-likeness (QED) is 0.498. The van der Waals surface area contributed by atoms with E-state index in [0.717, 1.165) is 18.4 Å². The van der Waals surface area contributed by atoms with E-state index in [2.05, 4.69) is 5.32 Å². The molecule has 0 radical (unpaired) electrons. The van der Waals surface area contributed by atoms with Crippen molar-refractivity contribution in [2.24, 2.45) is 5.92 Å². The van der Waals surface area contributed by atoms with E-state index in [0.29, 0.717) is 13.0 Å². The minimum absolute atomic E-state index is 0.0550. The topological polar surface area (TPSA) is 110 Å². The van der Waals surface area contributed by atoms with Crippen LogP contribution in [0.5, 0.6) is 0 Å². The second-order valence-electron chi connectivity index (χ2n) is 8.56. The summed E-state index contributed by atoms with van der Waals surface area (Å²) in [4.78, 5) is 39.3. The first-order chi connectivity index (χ1) is 15.1. The van der Waals surface area contributed by atoms with Crippen LogP contribution in [0, 0.1) is 5.92 Å². The number of nitrogens with zero attached hydrogens (tertiary/aromatic N) is 1. The fourth-order valence-corrected chi connectivity index (χ4v) is 5.40. The van der Waals surface area contributed by atoms with Crippen LogP contribution in [0.4, 0.5) is 0 Å². The van der Waals surface area contributed by atoms with E-state index in [9.17, 15) is 22.8 Å². The molecule has 178 valence electrons. The molecule has 0 spiro atoms. The molecule has 2 rings (SSSR count). The van der Waals surface area contributed by atoms with Crippen LogP contribution in [0.2, 0.25) is 0 Å². The zero-order valence-corrected chi connectivity index (χ0v) is 19.9. The summed E-state index contributed by atoms with van der Waals surface area (Å²) in [5.41, 5.74) is 0.828. The summed E-state index contributed by atoms with van der Waals surface area (Å²) >= 11 is 0. The molecule has 8 nitrogen and oxygen atoms in total. The van der Waals surface area contributed by atoms with E-state index in [4.69, 9.17) is 4.74 Å². The molecule has 32 heavy (non-hydrogen) atoms. The smallest absolute Gasteiger partial charge is 0.329 e. The van der Waals surface area contributed by atoms with Crippen molar-refractivity contribution in [3.63, 3.8) is 0 Å². The Bertz CT molecular complexity index is 885. The lowest BCUT2D eigenvalue weighted by atomic mass is 10.0. The van der Waals surface area contributed by atoms with Gasteiger partial charge in [-0.15, -0.1) is 0 Å². The van der Waals surface area contributed by atoms with Crippen LogP contribution in [0.25, 0.3) is 0 Å². The molecule has 0 aromatic heterocycles. The number of hydrogen-bond acceptors (Lipinski definition) is 6. The highest BCUT2D eigenvalue weighted by atomic mass is 32.2. The van der Waals surface area contributed by atoms with Gasteiger partial charge in [0.1, 0.15) is 6.04 Å². The Balaban J connectivity index is 1.95. The van der Waals surface area contributed by atoms with Gasteiger partial charge in [0.25, 0.3) is 5.91 Å². The monoisotopic (exact) mass is 466 g/mol. The summed E-state index contributed by atoms with van der Waals surface area (Å²) < 4.78 is 28.9. The molecule has 1 aromatic rings. The summed E-state index contributed by atoms with van der Waals surface area (Å²) in [5, 5.41) is 2.70. The summed E-state index contributed by atoms with van der Waals surface area (Å²) in [7, 11) is -3.14. The van der Waals surface area contributed by atoms with Crippen molar-refractivity contribution >= 4 is 27.6 Å². The number of rotatable bonds is 11. The molecule has 0 bridgehead atoms. The summed E-state index contributed by atoms with van der Waals surface area (Å²) in [5.74, 6) is -1.61. The highest BCUT2D eigenvalue weighted by Crippen LogP contribution is 2.19. The third-order valence-corrected chi connectivity index (χ3v) is 7.25. The maximum atomic E-state index is 12.8. The van der Waals surface area contributed by atoms with Gasteiger partial charge in [0.2, 0.25) is 5.91 Å². The average molecular weight is 467 g/mol. The van der Waals surface area contributed by atoms with Gasteiger partial charge in [-0.3, -0.25) is 9.59 Å². The highest BCUT2D eigenvalue weighted by molar-refractivity contribution is 7.91. The molecular formula is C23H34N2O6S. The summed E-state index contributed by atoms with van der Waals surface area (Å²) in [6.07, 6.45) is 2.12. The molecule has 2 unspecified atom stereocenters. The second kappa shape index (κ2) is 12.0. The number of carbonyl (C=O) groups excluding carboxylic acids is 3. The molecule has 2 atom stereocenters. The van der Waals surface area contributed by atoms with Crippen LogP contribution in [0.1, 0.15) is 45.6 Å². The predicted molar refractivity (Wildman–Crippen MR) is 122 cm³/mol. The molecule has 2 amide bonds. The molecule has 1 N–H and O–H groups in total. The SMILES string of the molecule is CCCCN(C(=O)COC(=O)C(NC(=O)Cc1ccccc1)C(C)C)C1CCS(=O)(=O)C1. The molecule has 9 heteroatoms. The van der Waals surface area contributed by atoms with Crippen LogP contribution in [0.15, 0.2) is 30.3 Å². The lowest BCUT2D eigenvalue weighted by molar-refractivity contribution is -0.156. The van der Waals surface area contributed by atoms with Crippen molar-refractivity contribution in [3.05, 3.63) is 35.9 Å². The number of sulfone groups is 1. The van der Waals surface area contributed by atoms with Crippen molar-refractivity contribution in [1.82, 2.24) is 10.2 Å². The van der Waals surface area contributed by atoms with Gasteiger partial charge in [-0.05, 0) is 24.3 Å². The molecular weight excluding hydrogens is 432 g/mol. The largest absolute Gasteiger partial charge is 0.454 e. The van der Waals surface area contributed by atoms with Gasteiger partial charge < -0.3 is 15.0 Å². The number of amides is 2. The van der Waals surface area contributed by atoms with Gasteiger partial charge in [-0.1, -0.05) is 57.5 Å². The van der Waals surface area contributed by atoms with Crippen LogP contribution >= 0.6 is 0 Å². The minimum atomic E-state index is -3.14. The fraction of sp³-hybridized carbons (Fsp3) is 0.609. The van der Waals surface area contributed by atoms with Gasteiger partial charge in [0.05, 0.1) is 17.9 Å². The van der Waals surface area contributed by atoms with E-state index in [1.165, 1.54) is 4.90 Å². The van der Waals surface area contributed by atoms with Gasteiger partial charge >= 0.3 is 5.97 Å². The van der Waals surface area contributed by atoms with Crippen molar-refractivity contribution < 1.29 is 27.5 Å². The molecule has 1 fully saturated rings. The molecule has 1 aliphatic rings. The molecule has 1 aromatic carbocycles. The van der Waals surface area contributed by atoms with E-state index < -0.39 is 34.4 Å². The third kappa shape index (κ3) is 7.93. The number of esters is 1. The van der Waals surface area contributed by atoms with E-state index in [-0.39, 0.29) is 35.8 Å². The van der Waals surface area contributed by atoms with Crippen molar-refractivity contribution in [2.45, 2.75) is 58.5 Å². The highest BCUT2D eigenvalue weighted by Gasteiger charge is 2.35. The van der Waals surface area contributed by atoms with Gasteiger partial charge in [-0.2, -0.15) is 0 Å². The Hall–Kier alpha value is -2.42. The van der Waals surface area contributed by atoms with Gasteiger partial charge in [0, 0.05) is 12.6 Å². The Morgan fingerprint density at radius 1 is 1.19 bits per heavy atom. The Morgan fingerprint density at radius 3 is 2.44 bits per heavy atom. The van der Waals surface area contributed by atoms with Crippen molar-refractivity contribution in [3.8, 4) is 0 Å². The lowest BCUT2D eigenvalue weighted by Gasteiger charge is -2.28. The third-order valence-electron chi connectivity index (χ3n) is 5.50. The minimum Gasteiger partial charge on any atom is -0.454 e. The number of nitrogens with one attached hydrogen (secondary N) is 1. The summed E-state index contributed by atoms with van der Waals surface area (Å²) in [6, 6.07) is 7.92. The fourth-order valence-electron chi connectivity index (χ4n) is 3.67. The number of hydrogen-bond donors (Lipinski definition) is 1. The number of benzene rings is 1. The van der Waals surface area contributed by atoms with Crippen LogP contribution in [0.3, 0.4) is 0 Å². The zero-order chi connectivity index (χ0) is 23.7. The first kappa shape index (κ1) is 25.8. The predicted octanol–water partition coefficient (Wildman–Crippen LogP) is 1.73. The Kier molecular flexibility index (Phi) is 9.68. The van der Waals surface area contributed by atoms with Crippen molar-refractivity contribution in [1.29, 1.82) is 0 Å². The second-order valence-corrected chi connectivity index (χ2v) is 10.8. The number of unbranched alkanes of at least 4 members (excludes halogenated alkanes) is 1. The van der Waals surface area contributed by atoms with E-state index in [1.54, 1.807) is 13.8 Å². The molecule has 0 saturated carbocycles. The maximum Gasteiger partial charge on any atom is 0.329 e. The van der Waals surface area contributed by atoms with Crippen LogP contribution in [-0.2, 0) is 35.4 Å². The van der Waals surface area contributed by atoms with E-state index in [1.807, 2.05) is 37.3 Å². The molecule has 1 heterocycles. The van der Waals surface area contributed by atoms with Gasteiger partial charge in [0.15, 0.2) is 16.4 Å². The normalized spacial score (nSPS) is 18.2. The molecule has 0 aliphatic carbocycles. The first-order valence-electron chi connectivity index (χ1n) is 11.1. The maximum absolute atomic E-state index is 12.8. The standard InChI is InChI=1S/C23H34N2O6S/c1-4-5-12-25(19-11-13-32(29,30)16-19)21(27)15-31-23(28)22(17(2)3)24-20(26)14-18-9-7-6-8-10-18/h6-10,17,19,22H,4-5,11-16H2,1-3H3,(H,24,26). The van der Waals surface area contributed by atoms with Gasteiger partial charge in [-0.25, -0.2) is 13.2 Å². The van der Waals surface area contributed by atoms with Crippen molar-refractivity contribution in [2.75, 3.05) is 24.7 Å².